The van der Waals surface area contributed by atoms with Crippen molar-refractivity contribution in [3.63, 3.8) is 0 Å². The largest absolute Gasteiger partial charge is 0.348 e. The van der Waals surface area contributed by atoms with E-state index in [1.807, 2.05) is 0 Å². The highest BCUT2D eigenvalue weighted by molar-refractivity contribution is 8.13. The molecular formula is C14H11ClFNO3S. The van der Waals surface area contributed by atoms with Gasteiger partial charge in [0.15, 0.2) is 0 Å². The molecule has 0 fully saturated rings. The van der Waals surface area contributed by atoms with Crippen molar-refractivity contribution in [2.75, 3.05) is 0 Å². The fourth-order valence-corrected chi connectivity index (χ4v) is 2.47. The Morgan fingerprint density at radius 2 is 1.81 bits per heavy atom. The molecule has 0 saturated heterocycles. The Bertz CT molecular complexity index is 760. The van der Waals surface area contributed by atoms with Crippen molar-refractivity contribution in [1.29, 1.82) is 0 Å². The zero-order valence-corrected chi connectivity index (χ0v) is 12.3. The van der Waals surface area contributed by atoms with Crippen LogP contribution in [-0.2, 0) is 15.6 Å². The molecule has 4 nitrogen and oxygen atoms in total. The first-order chi connectivity index (χ1) is 9.86. The predicted molar refractivity (Wildman–Crippen MR) is 77.1 cm³/mol. The van der Waals surface area contributed by atoms with Crippen LogP contribution >= 0.6 is 10.7 Å². The zero-order chi connectivity index (χ0) is 15.5. The fraction of sp³-hybridized carbons (Fsp3) is 0.0714. The van der Waals surface area contributed by atoms with E-state index in [-0.39, 0.29) is 22.8 Å². The highest BCUT2D eigenvalue weighted by Crippen LogP contribution is 2.16. The summed E-state index contributed by atoms with van der Waals surface area (Å²) in [6.45, 7) is 0.205. The molecule has 2 rings (SSSR count). The van der Waals surface area contributed by atoms with Gasteiger partial charge in [-0.05, 0) is 35.9 Å². The summed E-state index contributed by atoms with van der Waals surface area (Å²) >= 11 is 0. The number of carbonyl (C=O) groups excluding carboxylic acids is 1. The van der Waals surface area contributed by atoms with Crippen molar-refractivity contribution in [3.05, 3.63) is 65.5 Å². The normalized spacial score (nSPS) is 11.1. The Labute approximate surface area is 126 Å². The SMILES string of the molecule is O=C(NCc1ccc(F)cc1)c1cccc(S(=O)(=O)Cl)c1. The average molecular weight is 328 g/mol. The lowest BCUT2D eigenvalue weighted by Gasteiger charge is -2.06. The molecule has 7 heteroatoms. The lowest BCUT2D eigenvalue weighted by Crippen LogP contribution is -2.22. The number of halogens is 2. The first-order valence-electron chi connectivity index (χ1n) is 5.93. The third-order valence-corrected chi connectivity index (χ3v) is 4.10. The molecule has 0 unspecified atom stereocenters. The number of amides is 1. The van der Waals surface area contributed by atoms with E-state index in [1.165, 1.54) is 36.4 Å². The standard InChI is InChI=1S/C14H11ClFNO3S/c15-21(19,20)13-3-1-2-11(8-13)14(18)17-9-10-4-6-12(16)7-5-10/h1-8H,9H2,(H,17,18). The van der Waals surface area contributed by atoms with Gasteiger partial charge in [-0.25, -0.2) is 12.8 Å². The second-order valence-corrected chi connectivity index (χ2v) is 6.84. The van der Waals surface area contributed by atoms with E-state index in [0.29, 0.717) is 0 Å². The molecule has 0 spiro atoms. The van der Waals surface area contributed by atoms with Crippen LogP contribution in [0.2, 0.25) is 0 Å². The van der Waals surface area contributed by atoms with Crippen LogP contribution in [0, 0.1) is 5.82 Å². The molecule has 2 aromatic carbocycles. The summed E-state index contributed by atoms with van der Waals surface area (Å²) in [5, 5.41) is 2.61. The third-order valence-electron chi connectivity index (χ3n) is 2.74. The average Bonchev–Trinajstić information content (AvgIpc) is 2.45. The molecule has 0 aliphatic carbocycles. The molecule has 0 bridgehead atoms. The van der Waals surface area contributed by atoms with Gasteiger partial charge in [-0.1, -0.05) is 18.2 Å². The minimum Gasteiger partial charge on any atom is -0.348 e. The molecule has 0 aliphatic rings. The lowest BCUT2D eigenvalue weighted by atomic mass is 10.2. The third kappa shape index (κ3) is 4.27. The molecule has 0 aromatic heterocycles. The quantitative estimate of drug-likeness (QED) is 0.878. The Morgan fingerprint density at radius 3 is 2.43 bits per heavy atom. The van der Waals surface area contributed by atoms with Crippen LogP contribution in [0.3, 0.4) is 0 Å². The van der Waals surface area contributed by atoms with Crippen LogP contribution in [0.1, 0.15) is 15.9 Å². The van der Waals surface area contributed by atoms with Gasteiger partial charge < -0.3 is 5.32 Å². The van der Waals surface area contributed by atoms with E-state index in [4.69, 9.17) is 10.7 Å². The van der Waals surface area contributed by atoms with E-state index in [0.717, 1.165) is 5.56 Å². The fourth-order valence-electron chi connectivity index (χ4n) is 1.68. The Hall–Kier alpha value is -1.92. The molecule has 0 heterocycles. The Kier molecular flexibility index (Phi) is 4.59. The van der Waals surface area contributed by atoms with Crippen molar-refractivity contribution in [2.24, 2.45) is 0 Å². The van der Waals surface area contributed by atoms with E-state index < -0.39 is 15.0 Å². The maximum atomic E-state index is 12.7. The lowest BCUT2D eigenvalue weighted by molar-refractivity contribution is 0.0950. The molecule has 0 radical (unpaired) electrons. The van der Waals surface area contributed by atoms with Gasteiger partial charge in [0, 0.05) is 22.8 Å². The summed E-state index contributed by atoms with van der Waals surface area (Å²) in [4.78, 5) is 11.8. The van der Waals surface area contributed by atoms with Crippen LogP contribution in [0.15, 0.2) is 53.4 Å². The van der Waals surface area contributed by atoms with Gasteiger partial charge in [0.2, 0.25) is 0 Å². The number of carbonyl (C=O) groups is 1. The topological polar surface area (TPSA) is 63.2 Å². The van der Waals surface area contributed by atoms with E-state index in [2.05, 4.69) is 5.32 Å². The first kappa shape index (κ1) is 15.5. The van der Waals surface area contributed by atoms with Gasteiger partial charge in [0.25, 0.3) is 15.0 Å². The highest BCUT2D eigenvalue weighted by atomic mass is 35.7. The summed E-state index contributed by atoms with van der Waals surface area (Å²) < 4.78 is 35.2. The van der Waals surface area contributed by atoms with Gasteiger partial charge in [-0.2, -0.15) is 0 Å². The van der Waals surface area contributed by atoms with Crippen LogP contribution in [0.5, 0.6) is 0 Å². The molecule has 0 aliphatic heterocycles. The van der Waals surface area contributed by atoms with Crippen molar-refractivity contribution in [3.8, 4) is 0 Å². The van der Waals surface area contributed by atoms with Gasteiger partial charge in [-0.3, -0.25) is 4.79 Å². The van der Waals surface area contributed by atoms with Crippen molar-refractivity contribution in [2.45, 2.75) is 11.4 Å². The molecule has 110 valence electrons. The summed E-state index contributed by atoms with van der Waals surface area (Å²) in [6, 6.07) is 11.1. The van der Waals surface area contributed by atoms with Crippen LogP contribution in [0.4, 0.5) is 4.39 Å². The van der Waals surface area contributed by atoms with Crippen molar-refractivity contribution < 1.29 is 17.6 Å². The van der Waals surface area contributed by atoms with Gasteiger partial charge in [0.05, 0.1) is 4.90 Å². The molecule has 0 atom stereocenters. The van der Waals surface area contributed by atoms with E-state index in [9.17, 15) is 17.6 Å². The molecule has 2 aromatic rings. The van der Waals surface area contributed by atoms with Crippen LogP contribution < -0.4 is 5.32 Å². The second-order valence-electron chi connectivity index (χ2n) is 4.27. The number of hydrogen-bond acceptors (Lipinski definition) is 3. The summed E-state index contributed by atoms with van der Waals surface area (Å²) in [5.41, 5.74) is 0.907. The maximum Gasteiger partial charge on any atom is 0.261 e. The molecular weight excluding hydrogens is 317 g/mol. The highest BCUT2D eigenvalue weighted by Gasteiger charge is 2.13. The van der Waals surface area contributed by atoms with Crippen LogP contribution in [-0.4, -0.2) is 14.3 Å². The second kappa shape index (κ2) is 6.24. The summed E-state index contributed by atoms with van der Waals surface area (Å²) in [5.74, 6) is -0.799. The van der Waals surface area contributed by atoms with Crippen LogP contribution in [0.25, 0.3) is 0 Å². The molecule has 1 N–H and O–H groups in total. The smallest absolute Gasteiger partial charge is 0.261 e. The minimum absolute atomic E-state index is 0.140. The zero-order valence-electron chi connectivity index (χ0n) is 10.7. The van der Waals surface area contributed by atoms with Gasteiger partial charge >= 0.3 is 0 Å². The number of rotatable bonds is 4. The molecule has 21 heavy (non-hydrogen) atoms. The predicted octanol–water partition coefficient (Wildman–Crippen LogP) is 2.68. The Balaban J connectivity index is 2.08. The Morgan fingerprint density at radius 1 is 1.14 bits per heavy atom. The van der Waals surface area contributed by atoms with Crippen molar-refractivity contribution >= 4 is 25.6 Å². The van der Waals surface area contributed by atoms with E-state index >= 15 is 0 Å². The summed E-state index contributed by atoms with van der Waals surface area (Å²) in [6.07, 6.45) is 0. The maximum absolute atomic E-state index is 12.7. The molecule has 1 amide bonds. The monoisotopic (exact) mass is 327 g/mol. The minimum atomic E-state index is -3.88. The molecule has 0 saturated carbocycles. The van der Waals surface area contributed by atoms with Gasteiger partial charge in [-0.15, -0.1) is 0 Å². The van der Waals surface area contributed by atoms with Crippen molar-refractivity contribution in [1.82, 2.24) is 5.32 Å². The number of nitrogens with one attached hydrogen (secondary N) is 1. The number of benzene rings is 2. The first-order valence-corrected chi connectivity index (χ1v) is 8.24. The number of hydrogen-bond donors (Lipinski definition) is 1. The summed E-state index contributed by atoms with van der Waals surface area (Å²) in [7, 11) is 1.35. The van der Waals surface area contributed by atoms with Gasteiger partial charge in [0.1, 0.15) is 5.82 Å². The van der Waals surface area contributed by atoms with E-state index in [1.54, 1.807) is 12.1 Å².